The lowest BCUT2D eigenvalue weighted by molar-refractivity contribution is 0.0560. The van der Waals surface area contributed by atoms with Crippen LogP contribution in [0.1, 0.15) is 27.0 Å². The first-order valence-corrected chi connectivity index (χ1v) is 8.06. The number of thiophene rings is 1. The molecule has 0 aliphatic heterocycles. The van der Waals surface area contributed by atoms with Crippen LogP contribution in [-0.4, -0.2) is 18.0 Å². The van der Waals surface area contributed by atoms with Crippen LogP contribution < -0.4 is 0 Å². The molecular weight excluding hydrogens is 314 g/mol. The topological polar surface area (TPSA) is 55.8 Å². The molecule has 23 heavy (non-hydrogen) atoms. The van der Waals surface area contributed by atoms with Gasteiger partial charge in [-0.15, -0.1) is 11.3 Å². The molecule has 5 nitrogen and oxygen atoms in total. The Balaban J connectivity index is 1.72. The second-order valence-corrected chi connectivity index (χ2v) is 6.09. The van der Waals surface area contributed by atoms with Gasteiger partial charge < -0.3 is 13.6 Å². The fourth-order valence-corrected chi connectivity index (χ4v) is 3.05. The Labute approximate surface area is 138 Å². The quantitative estimate of drug-likeness (QED) is 0.614. The van der Waals surface area contributed by atoms with Crippen LogP contribution in [0.5, 0.6) is 0 Å². The average Bonchev–Trinajstić information content (AvgIpc) is 3.28. The second kappa shape index (κ2) is 7.30. The van der Waals surface area contributed by atoms with Crippen molar-refractivity contribution in [2.75, 3.05) is 7.11 Å². The zero-order valence-corrected chi connectivity index (χ0v) is 13.5. The summed E-state index contributed by atoms with van der Waals surface area (Å²) >= 11 is 1.71. The van der Waals surface area contributed by atoms with E-state index in [0.717, 1.165) is 12.3 Å². The monoisotopic (exact) mass is 331 g/mol. The predicted molar refractivity (Wildman–Crippen MR) is 86.0 cm³/mol. The Kier molecular flexibility index (Phi) is 4.95. The molecule has 3 rings (SSSR count). The van der Waals surface area contributed by atoms with E-state index in [0.29, 0.717) is 18.8 Å². The van der Waals surface area contributed by atoms with Gasteiger partial charge in [0.25, 0.3) is 0 Å². The lowest BCUT2D eigenvalue weighted by Crippen LogP contribution is -2.21. The first kappa shape index (κ1) is 15.6. The minimum absolute atomic E-state index is 0.219. The molecule has 0 bridgehead atoms. The van der Waals surface area contributed by atoms with Gasteiger partial charge in [0.2, 0.25) is 5.76 Å². The molecule has 6 heteroatoms. The molecule has 0 spiro atoms. The molecule has 120 valence electrons. The molecule has 0 amide bonds. The lowest BCUT2D eigenvalue weighted by Gasteiger charge is -2.19. The molecule has 0 unspecified atom stereocenters. The van der Waals surface area contributed by atoms with Gasteiger partial charge >= 0.3 is 5.97 Å². The molecule has 0 N–H and O–H groups in total. The molecule has 0 atom stereocenters. The van der Waals surface area contributed by atoms with Crippen molar-refractivity contribution in [1.29, 1.82) is 0 Å². The van der Waals surface area contributed by atoms with Crippen molar-refractivity contribution in [1.82, 2.24) is 4.90 Å². The van der Waals surface area contributed by atoms with E-state index in [1.54, 1.807) is 29.7 Å². The van der Waals surface area contributed by atoms with Gasteiger partial charge in [-0.05, 0) is 35.7 Å². The third-order valence-corrected chi connectivity index (χ3v) is 4.21. The largest absolute Gasteiger partial charge is 0.468 e. The van der Waals surface area contributed by atoms with Crippen LogP contribution in [0.25, 0.3) is 0 Å². The molecule has 3 aromatic heterocycles. The summed E-state index contributed by atoms with van der Waals surface area (Å²) in [4.78, 5) is 14.9. The highest BCUT2D eigenvalue weighted by Gasteiger charge is 2.15. The van der Waals surface area contributed by atoms with E-state index in [1.807, 2.05) is 18.2 Å². The van der Waals surface area contributed by atoms with Crippen molar-refractivity contribution in [3.63, 3.8) is 0 Å². The van der Waals surface area contributed by atoms with Crippen molar-refractivity contribution >= 4 is 17.3 Å². The summed E-state index contributed by atoms with van der Waals surface area (Å²) in [6, 6.07) is 11.4. The smallest absolute Gasteiger partial charge is 0.373 e. The molecule has 0 aliphatic rings. The van der Waals surface area contributed by atoms with Gasteiger partial charge in [-0.1, -0.05) is 6.07 Å². The van der Waals surface area contributed by atoms with E-state index in [1.165, 1.54) is 12.0 Å². The summed E-state index contributed by atoms with van der Waals surface area (Å²) in [7, 11) is 1.34. The maximum Gasteiger partial charge on any atom is 0.373 e. The summed E-state index contributed by atoms with van der Waals surface area (Å²) in [5, 5.41) is 2.06. The number of rotatable bonds is 7. The fraction of sp³-hybridized carbons (Fsp3) is 0.235. The molecule has 3 heterocycles. The molecule has 0 aliphatic carbocycles. The highest BCUT2D eigenvalue weighted by molar-refractivity contribution is 7.09. The first-order chi connectivity index (χ1) is 11.2. The van der Waals surface area contributed by atoms with Crippen LogP contribution in [0.3, 0.4) is 0 Å². The van der Waals surface area contributed by atoms with Crippen LogP contribution in [-0.2, 0) is 24.4 Å². The molecular formula is C17H17NO4S. The normalized spacial score (nSPS) is 11.0. The van der Waals surface area contributed by atoms with Gasteiger partial charge in [0.1, 0.15) is 11.5 Å². The van der Waals surface area contributed by atoms with Crippen molar-refractivity contribution in [2.45, 2.75) is 19.6 Å². The predicted octanol–water partition coefficient (Wildman–Crippen LogP) is 3.92. The number of carbonyl (C=O) groups excluding carboxylic acids is 1. The van der Waals surface area contributed by atoms with Crippen LogP contribution in [0.2, 0.25) is 0 Å². The standard InChI is InChI=1S/C17H17NO4S/c1-20-17(19)16-7-6-14(22-16)11-18(10-13-4-2-8-21-13)12-15-5-3-9-23-15/h2-9H,10-12H2,1H3. The van der Waals surface area contributed by atoms with E-state index in [2.05, 4.69) is 21.1 Å². The maximum absolute atomic E-state index is 11.5. The lowest BCUT2D eigenvalue weighted by atomic mass is 10.3. The highest BCUT2D eigenvalue weighted by atomic mass is 32.1. The SMILES string of the molecule is COC(=O)c1ccc(CN(Cc2ccco2)Cc2cccs2)o1. The third-order valence-electron chi connectivity index (χ3n) is 3.35. The summed E-state index contributed by atoms with van der Waals surface area (Å²) in [5.41, 5.74) is 0. The van der Waals surface area contributed by atoms with Gasteiger partial charge in [0.05, 0.1) is 26.5 Å². The van der Waals surface area contributed by atoms with Gasteiger partial charge in [-0.2, -0.15) is 0 Å². The zero-order chi connectivity index (χ0) is 16.1. The molecule has 0 aromatic carbocycles. The van der Waals surface area contributed by atoms with Gasteiger partial charge in [-0.25, -0.2) is 4.79 Å². The molecule has 0 radical (unpaired) electrons. The van der Waals surface area contributed by atoms with Crippen molar-refractivity contribution < 1.29 is 18.4 Å². The number of ether oxygens (including phenoxy) is 1. The first-order valence-electron chi connectivity index (χ1n) is 7.19. The van der Waals surface area contributed by atoms with Crippen molar-refractivity contribution in [2.24, 2.45) is 0 Å². The van der Waals surface area contributed by atoms with Gasteiger partial charge in [0, 0.05) is 11.4 Å². The minimum atomic E-state index is -0.466. The number of hydrogen-bond acceptors (Lipinski definition) is 6. The summed E-state index contributed by atoms with van der Waals surface area (Å²) in [6.07, 6.45) is 1.67. The Morgan fingerprint density at radius 3 is 2.70 bits per heavy atom. The zero-order valence-electron chi connectivity index (χ0n) is 12.7. The Morgan fingerprint density at radius 1 is 1.13 bits per heavy atom. The van der Waals surface area contributed by atoms with Crippen molar-refractivity contribution in [3.8, 4) is 0 Å². The molecule has 0 saturated carbocycles. The summed E-state index contributed by atoms with van der Waals surface area (Å²) < 4.78 is 15.7. The number of esters is 1. The van der Waals surface area contributed by atoms with Crippen LogP contribution in [0, 0.1) is 0 Å². The molecule has 0 saturated heterocycles. The minimum Gasteiger partial charge on any atom is -0.468 e. The third kappa shape index (κ3) is 4.12. The number of carbonyl (C=O) groups is 1. The van der Waals surface area contributed by atoms with Crippen LogP contribution >= 0.6 is 11.3 Å². The Morgan fingerprint density at radius 2 is 2.00 bits per heavy atom. The van der Waals surface area contributed by atoms with E-state index >= 15 is 0 Å². The number of methoxy groups -OCH3 is 1. The number of furan rings is 2. The van der Waals surface area contributed by atoms with E-state index in [-0.39, 0.29) is 5.76 Å². The van der Waals surface area contributed by atoms with Gasteiger partial charge in [-0.3, -0.25) is 4.90 Å². The number of hydrogen-bond donors (Lipinski definition) is 0. The average molecular weight is 331 g/mol. The van der Waals surface area contributed by atoms with Crippen LogP contribution in [0.4, 0.5) is 0 Å². The number of nitrogens with zero attached hydrogens (tertiary/aromatic N) is 1. The highest BCUT2D eigenvalue weighted by Crippen LogP contribution is 2.19. The Bertz CT molecular complexity index is 694. The summed E-state index contributed by atoms with van der Waals surface area (Å²) in [5.74, 6) is 1.36. The van der Waals surface area contributed by atoms with E-state index < -0.39 is 5.97 Å². The van der Waals surface area contributed by atoms with Crippen LogP contribution in [0.15, 0.2) is 56.9 Å². The Hall–Kier alpha value is -2.31. The van der Waals surface area contributed by atoms with E-state index in [9.17, 15) is 4.79 Å². The summed E-state index contributed by atoms with van der Waals surface area (Å²) in [6.45, 7) is 2.03. The van der Waals surface area contributed by atoms with Crippen molar-refractivity contribution in [3.05, 3.63) is 70.2 Å². The van der Waals surface area contributed by atoms with E-state index in [4.69, 9.17) is 8.83 Å². The van der Waals surface area contributed by atoms with Gasteiger partial charge in [0.15, 0.2) is 0 Å². The second-order valence-electron chi connectivity index (χ2n) is 5.06. The molecule has 3 aromatic rings. The molecule has 0 fully saturated rings. The fourth-order valence-electron chi connectivity index (χ4n) is 2.31. The maximum atomic E-state index is 11.5.